The van der Waals surface area contributed by atoms with E-state index in [1.807, 2.05) is 31.2 Å². The Morgan fingerprint density at radius 1 is 1.12 bits per heavy atom. The lowest BCUT2D eigenvalue weighted by Gasteiger charge is -2.15. The molecule has 1 aromatic carbocycles. The van der Waals surface area contributed by atoms with Crippen LogP contribution in [0.2, 0.25) is 0 Å². The van der Waals surface area contributed by atoms with Gasteiger partial charge in [-0.25, -0.2) is 14.5 Å². The quantitative estimate of drug-likeness (QED) is 0.449. The molecule has 162 valence electrons. The van der Waals surface area contributed by atoms with Gasteiger partial charge in [0.1, 0.15) is 17.3 Å². The molecule has 1 amide bonds. The zero-order valence-electron chi connectivity index (χ0n) is 17.9. The van der Waals surface area contributed by atoms with Crippen LogP contribution in [0.15, 0.2) is 48.5 Å². The van der Waals surface area contributed by atoms with Crippen LogP contribution >= 0.6 is 0 Å². The highest BCUT2D eigenvalue weighted by molar-refractivity contribution is 5.93. The number of primary amides is 1. The number of fused-ring (bicyclic) bond motifs is 2. The van der Waals surface area contributed by atoms with Gasteiger partial charge in [-0.3, -0.25) is 4.79 Å². The van der Waals surface area contributed by atoms with E-state index in [0.29, 0.717) is 18.1 Å². The molecule has 32 heavy (non-hydrogen) atoms. The lowest BCUT2D eigenvalue weighted by molar-refractivity contribution is 0.0993. The molecule has 0 fully saturated rings. The molecule has 4 heterocycles. The average Bonchev–Trinajstić information content (AvgIpc) is 2.96. The first-order chi connectivity index (χ1) is 15.6. The topological polar surface area (TPSA) is 110 Å². The summed E-state index contributed by atoms with van der Waals surface area (Å²) in [4.78, 5) is 21.7. The average molecular weight is 428 g/mol. The van der Waals surface area contributed by atoms with E-state index in [1.165, 1.54) is 5.56 Å². The molecule has 0 bridgehead atoms. The Hall–Kier alpha value is -3.94. The molecule has 0 aliphatic carbocycles. The van der Waals surface area contributed by atoms with Crippen LogP contribution in [-0.2, 0) is 13.0 Å². The van der Waals surface area contributed by atoms with Gasteiger partial charge in [0.25, 0.3) is 5.91 Å². The molecular weight excluding hydrogens is 402 g/mol. The van der Waals surface area contributed by atoms with Crippen LogP contribution in [0.3, 0.4) is 0 Å². The predicted octanol–water partition coefficient (Wildman–Crippen LogP) is 3.56. The Kier molecular flexibility index (Phi) is 5.18. The number of carbonyl (C=O) groups excluding carboxylic acids is 1. The predicted molar refractivity (Wildman–Crippen MR) is 125 cm³/mol. The van der Waals surface area contributed by atoms with Crippen molar-refractivity contribution in [3.63, 3.8) is 0 Å². The van der Waals surface area contributed by atoms with Gasteiger partial charge in [0, 0.05) is 18.7 Å². The maximum atomic E-state index is 11.9. The van der Waals surface area contributed by atoms with Crippen LogP contribution < -0.4 is 16.4 Å². The molecule has 4 N–H and O–H groups in total. The third-order valence-corrected chi connectivity index (χ3v) is 5.76. The maximum Gasteiger partial charge on any atom is 0.267 e. The molecule has 0 saturated heterocycles. The number of anilines is 2. The number of aromatic nitrogens is 4. The number of pyridine rings is 1. The molecule has 1 aliphatic heterocycles. The van der Waals surface area contributed by atoms with E-state index in [4.69, 9.17) is 15.7 Å². The van der Waals surface area contributed by atoms with Crippen molar-refractivity contribution in [3.05, 3.63) is 71.0 Å². The molecule has 0 unspecified atom stereocenters. The van der Waals surface area contributed by atoms with Gasteiger partial charge in [-0.2, -0.15) is 5.10 Å². The number of aryl methyl sites for hydroxylation is 1. The molecule has 3 aromatic heterocycles. The molecule has 8 nitrogen and oxygen atoms in total. The molecule has 4 aromatic rings. The van der Waals surface area contributed by atoms with Crippen LogP contribution in [0.1, 0.15) is 40.2 Å². The Morgan fingerprint density at radius 2 is 1.97 bits per heavy atom. The monoisotopic (exact) mass is 427 g/mol. The second kappa shape index (κ2) is 8.30. The summed E-state index contributed by atoms with van der Waals surface area (Å²) in [5, 5.41) is 11.6. The normalized spacial score (nSPS) is 13.3. The van der Waals surface area contributed by atoms with Crippen molar-refractivity contribution in [1.82, 2.24) is 19.6 Å². The molecule has 1 aliphatic rings. The van der Waals surface area contributed by atoms with Gasteiger partial charge in [0.05, 0.1) is 16.8 Å². The minimum atomic E-state index is -0.528. The number of nitrogens with zero attached hydrogens (tertiary/aromatic N) is 4. The van der Waals surface area contributed by atoms with Gasteiger partial charge in [0.2, 0.25) is 0 Å². The van der Waals surface area contributed by atoms with E-state index in [9.17, 15) is 4.79 Å². The molecule has 0 atom stereocenters. The van der Waals surface area contributed by atoms with Gasteiger partial charge < -0.3 is 16.4 Å². The SMILES string of the molecule is Cc1nn2c(C(N)=O)cccc2c1-c1nc2c(c(NCc3ccccc3)n1)CCCCN2. The highest BCUT2D eigenvalue weighted by Gasteiger charge is 2.22. The number of nitrogens with two attached hydrogens (primary N) is 1. The smallest absolute Gasteiger partial charge is 0.267 e. The van der Waals surface area contributed by atoms with Crippen LogP contribution in [0, 0.1) is 6.92 Å². The minimum absolute atomic E-state index is 0.326. The van der Waals surface area contributed by atoms with Crippen LogP contribution in [-0.4, -0.2) is 32.0 Å². The van der Waals surface area contributed by atoms with E-state index in [-0.39, 0.29) is 0 Å². The van der Waals surface area contributed by atoms with Crippen molar-refractivity contribution in [2.75, 3.05) is 17.2 Å². The number of rotatable bonds is 5. The maximum absolute atomic E-state index is 11.9. The number of carbonyl (C=O) groups is 1. The number of hydrogen-bond donors (Lipinski definition) is 3. The summed E-state index contributed by atoms with van der Waals surface area (Å²) in [6, 6.07) is 15.6. The summed E-state index contributed by atoms with van der Waals surface area (Å²) >= 11 is 0. The van der Waals surface area contributed by atoms with Crippen molar-refractivity contribution in [2.24, 2.45) is 5.73 Å². The highest BCUT2D eigenvalue weighted by Crippen LogP contribution is 2.33. The van der Waals surface area contributed by atoms with E-state index in [0.717, 1.165) is 59.8 Å². The summed E-state index contributed by atoms with van der Waals surface area (Å²) in [5.41, 5.74) is 10.5. The summed E-state index contributed by atoms with van der Waals surface area (Å²) < 4.78 is 1.58. The fourth-order valence-electron chi connectivity index (χ4n) is 4.19. The first-order valence-corrected chi connectivity index (χ1v) is 10.8. The van der Waals surface area contributed by atoms with E-state index >= 15 is 0 Å². The standard InChI is InChI=1S/C24H25N7O/c1-15-20(18-11-7-12-19(21(25)32)31(18)30-15)24-28-22-17(10-5-6-13-26-22)23(29-24)27-14-16-8-3-2-4-9-16/h2-4,7-9,11-12H,5-6,10,13-14H2,1H3,(H2,25,32)(H2,26,27,28,29). The van der Waals surface area contributed by atoms with E-state index < -0.39 is 5.91 Å². The van der Waals surface area contributed by atoms with Gasteiger partial charge in [-0.15, -0.1) is 0 Å². The van der Waals surface area contributed by atoms with E-state index in [1.54, 1.807) is 16.6 Å². The Morgan fingerprint density at radius 3 is 2.78 bits per heavy atom. The molecule has 0 spiro atoms. The van der Waals surface area contributed by atoms with Crippen LogP contribution in [0.4, 0.5) is 11.6 Å². The lowest BCUT2D eigenvalue weighted by atomic mass is 10.1. The first-order valence-electron chi connectivity index (χ1n) is 10.8. The second-order valence-electron chi connectivity index (χ2n) is 7.98. The highest BCUT2D eigenvalue weighted by atomic mass is 16.1. The van der Waals surface area contributed by atoms with Crippen molar-refractivity contribution < 1.29 is 4.79 Å². The lowest BCUT2D eigenvalue weighted by Crippen LogP contribution is -2.16. The molecule has 8 heteroatoms. The summed E-state index contributed by atoms with van der Waals surface area (Å²) in [7, 11) is 0. The number of hydrogen-bond acceptors (Lipinski definition) is 6. The Balaban J connectivity index is 1.63. The van der Waals surface area contributed by atoms with Gasteiger partial charge in [-0.05, 0) is 43.9 Å². The van der Waals surface area contributed by atoms with Crippen molar-refractivity contribution in [2.45, 2.75) is 32.7 Å². The summed E-state index contributed by atoms with van der Waals surface area (Å²) in [6.07, 6.45) is 3.08. The summed E-state index contributed by atoms with van der Waals surface area (Å²) in [6.45, 7) is 3.44. The van der Waals surface area contributed by atoms with Crippen LogP contribution in [0.5, 0.6) is 0 Å². The number of nitrogens with one attached hydrogen (secondary N) is 2. The number of amides is 1. The molecule has 5 rings (SSSR count). The van der Waals surface area contributed by atoms with Crippen molar-refractivity contribution >= 4 is 23.1 Å². The van der Waals surface area contributed by atoms with Crippen molar-refractivity contribution in [3.8, 4) is 11.4 Å². The molecular formula is C24H25N7O. The molecule has 0 saturated carbocycles. The zero-order chi connectivity index (χ0) is 22.1. The Labute approximate surface area is 185 Å². The third kappa shape index (κ3) is 3.64. The van der Waals surface area contributed by atoms with Gasteiger partial charge in [0.15, 0.2) is 5.82 Å². The van der Waals surface area contributed by atoms with Crippen LogP contribution in [0.25, 0.3) is 16.9 Å². The zero-order valence-corrected chi connectivity index (χ0v) is 17.9. The Bertz CT molecular complexity index is 1300. The summed E-state index contributed by atoms with van der Waals surface area (Å²) in [5.74, 6) is 1.73. The van der Waals surface area contributed by atoms with Gasteiger partial charge >= 0.3 is 0 Å². The molecule has 0 radical (unpaired) electrons. The first kappa shape index (κ1) is 20.0. The largest absolute Gasteiger partial charge is 0.370 e. The second-order valence-corrected chi connectivity index (χ2v) is 7.98. The fraction of sp³-hybridized carbons (Fsp3) is 0.250. The van der Waals surface area contributed by atoms with E-state index in [2.05, 4.69) is 27.9 Å². The number of benzene rings is 1. The minimum Gasteiger partial charge on any atom is -0.370 e. The fourth-order valence-corrected chi connectivity index (χ4v) is 4.19. The van der Waals surface area contributed by atoms with Crippen molar-refractivity contribution in [1.29, 1.82) is 0 Å². The van der Waals surface area contributed by atoms with Gasteiger partial charge in [-0.1, -0.05) is 36.4 Å². The third-order valence-electron chi connectivity index (χ3n) is 5.76.